The number of ether oxygens (including phenoxy) is 1. The molecule has 0 radical (unpaired) electrons. The number of non-ortho nitro benzene ring substituents is 1. The van der Waals surface area contributed by atoms with E-state index < -0.39 is 4.92 Å². The number of aryl methyl sites for hydroxylation is 2. The molecular formula is C21H18FN5O3. The average molecular weight is 407 g/mol. The number of nitrogens with zero attached hydrogens (tertiary/aromatic N) is 4. The molecule has 8 nitrogen and oxygen atoms in total. The van der Waals surface area contributed by atoms with Crippen LogP contribution in [0.25, 0.3) is 22.2 Å². The molecule has 2 aromatic heterocycles. The van der Waals surface area contributed by atoms with Gasteiger partial charge in [0.15, 0.2) is 0 Å². The normalized spacial score (nSPS) is 10.9. The molecule has 0 unspecified atom stereocenters. The van der Waals surface area contributed by atoms with E-state index in [4.69, 9.17) is 4.74 Å². The quantitative estimate of drug-likeness (QED) is 0.379. The van der Waals surface area contributed by atoms with Crippen molar-refractivity contribution in [1.29, 1.82) is 0 Å². The number of nitrogens with one attached hydrogen (secondary N) is 1. The summed E-state index contributed by atoms with van der Waals surface area (Å²) in [5.74, 6) is 0.322. The first-order valence-corrected chi connectivity index (χ1v) is 9.05. The minimum Gasteiger partial charge on any atom is -0.495 e. The fourth-order valence-corrected chi connectivity index (χ4v) is 3.36. The molecule has 0 fully saturated rings. The fourth-order valence-electron chi connectivity index (χ4n) is 3.36. The van der Waals surface area contributed by atoms with Gasteiger partial charge in [0.2, 0.25) is 5.95 Å². The Morgan fingerprint density at radius 2 is 2.03 bits per heavy atom. The zero-order valence-corrected chi connectivity index (χ0v) is 16.5. The summed E-state index contributed by atoms with van der Waals surface area (Å²) in [6, 6.07) is 8.83. The summed E-state index contributed by atoms with van der Waals surface area (Å²) in [6.07, 6.45) is 3.53. The molecule has 0 saturated heterocycles. The van der Waals surface area contributed by atoms with Gasteiger partial charge in [-0.05, 0) is 36.8 Å². The summed E-state index contributed by atoms with van der Waals surface area (Å²) in [5.41, 5.74) is 3.36. The van der Waals surface area contributed by atoms with E-state index in [1.165, 1.54) is 37.4 Å². The van der Waals surface area contributed by atoms with Gasteiger partial charge in [-0.2, -0.15) is 0 Å². The molecule has 0 atom stereocenters. The van der Waals surface area contributed by atoms with Crippen LogP contribution in [0.3, 0.4) is 0 Å². The zero-order valence-electron chi connectivity index (χ0n) is 16.5. The van der Waals surface area contributed by atoms with Crippen LogP contribution in [0.2, 0.25) is 0 Å². The third-order valence-electron chi connectivity index (χ3n) is 4.82. The number of rotatable bonds is 5. The van der Waals surface area contributed by atoms with E-state index in [1.807, 2.05) is 24.7 Å². The van der Waals surface area contributed by atoms with Crippen LogP contribution in [0.15, 0.2) is 48.8 Å². The number of methoxy groups -OCH3 is 1. The Balaban J connectivity index is 1.80. The lowest BCUT2D eigenvalue weighted by molar-refractivity contribution is -0.384. The van der Waals surface area contributed by atoms with Gasteiger partial charge >= 0.3 is 0 Å². The highest BCUT2D eigenvalue weighted by atomic mass is 19.1. The van der Waals surface area contributed by atoms with Crippen molar-refractivity contribution in [2.75, 3.05) is 12.4 Å². The predicted octanol–water partition coefficient (Wildman–Crippen LogP) is 4.74. The van der Waals surface area contributed by atoms with Crippen molar-refractivity contribution in [3.63, 3.8) is 0 Å². The van der Waals surface area contributed by atoms with E-state index in [9.17, 15) is 14.5 Å². The molecule has 0 aliphatic heterocycles. The van der Waals surface area contributed by atoms with Crippen molar-refractivity contribution < 1.29 is 14.1 Å². The second-order valence-corrected chi connectivity index (χ2v) is 6.81. The highest BCUT2D eigenvalue weighted by molar-refractivity contribution is 5.96. The predicted molar refractivity (Wildman–Crippen MR) is 112 cm³/mol. The van der Waals surface area contributed by atoms with Crippen LogP contribution < -0.4 is 10.1 Å². The minimum atomic E-state index is -0.489. The standard InChI is InChI=1S/C21H18FN5O3/c1-12-10-23-21(24-17-9-14(27(28)29)5-7-19(17)30-3)25-20(12)16-11-26(2)18-6-4-13(22)8-15(16)18/h4-11H,1-3H3,(H,23,24,25). The van der Waals surface area contributed by atoms with E-state index >= 15 is 0 Å². The molecule has 0 aliphatic rings. The summed E-state index contributed by atoms with van der Waals surface area (Å²) in [5, 5.41) is 14.8. The van der Waals surface area contributed by atoms with E-state index in [-0.39, 0.29) is 17.5 Å². The Labute approximate surface area is 171 Å². The van der Waals surface area contributed by atoms with Gasteiger partial charge in [0.1, 0.15) is 11.6 Å². The second kappa shape index (κ2) is 7.43. The van der Waals surface area contributed by atoms with Crippen LogP contribution in [0.1, 0.15) is 5.56 Å². The maximum absolute atomic E-state index is 13.9. The first-order valence-electron chi connectivity index (χ1n) is 9.05. The summed E-state index contributed by atoms with van der Waals surface area (Å²) >= 11 is 0. The van der Waals surface area contributed by atoms with Crippen LogP contribution in [-0.4, -0.2) is 26.6 Å². The van der Waals surface area contributed by atoms with Crippen LogP contribution >= 0.6 is 0 Å². The Hall–Kier alpha value is -4.01. The Kier molecular flexibility index (Phi) is 4.78. The van der Waals surface area contributed by atoms with Crippen molar-refractivity contribution >= 4 is 28.2 Å². The van der Waals surface area contributed by atoms with E-state index in [2.05, 4.69) is 15.3 Å². The summed E-state index contributed by atoms with van der Waals surface area (Å²) in [7, 11) is 3.35. The molecule has 0 saturated carbocycles. The van der Waals surface area contributed by atoms with Gasteiger partial charge in [0, 0.05) is 48.0 Å². The molecular weight excluding hydrogens is 389 g/mol. The highest BCUT2D eigenvalue weighted by Gasteiger charge is 2.16. The SMILES string of the molecule is COc1ccc([N+](=O)[O-])cc1Nc1ncc(C)c(-c2cn(C)c3ccc(F)cc23)n1. The van der Waals surface area contributed by atoms with Gasteiger partial charge < -0.3 is 14.6 Å². The number of nitro groups is 1. The molecule has 4 rings (SSSR count). The zero-order chi connectivity index (χ0) is 21.4. The van der Waals surface area contributed by atoms with Gasteiger partial charge in [-0.3, -0.25) is 10.1 Å². The number of hydrogen-bond donors (Lipinski definition) is 1. The molecule has 0 spiro atoms. The van der Waals surface area contributed by atoms with Crippen molar-refractivity contribution in [1.82, 2.24) is 14.5 Å². The van der Waals surface area contributed by atoms with Crippen LogP contribution in [0, 0.1) is 22.9 Å². The lowest BCUT2D eigenvalue weighted by Gasteiger charge is -2.11. The molecule has 0 bridgehead atoms. The van der Waals surface area contributed by atoms with Gasteiger partial charge in [0.05, 0.1) is 23.4 Å². The van der Waals surface area contributed by atoms with Crippen LogP contribution in [0.4, 0.5) is 21.7 Å². The topological polar surface area (TPSA) is 95.1 Å². The maximum atomic E-state index is 13.9. The van der Waals surface area contributed by atoms with Gasteiger partial charge in [-0.25, -0.2) is 14.4 Å². The fraction of sp³-hybridized carbons (Fsp3) is 0.143. The van der Waals surface area contributed by atoms with Crippen LogP contribution in [0.5, 0.6) is 5.75 Å². The molecule has 2 aromatic carbocycles. The van der Waals surface area contributed by atoms with Gasteiger partial charge in [-0.1, -0.05) is 0 Å². The van der Waals surface area contributed by atoms with E-state index in [0.29, 0.717) is 17.1 Å². The number of hydrogen-bond acceptors (Lipinski definition) is 6. The molecule has 2 heterocycles. The van der Waals surface area contributed by atoms with Crippen molar-refractivity contribution in [2.45, 2.75) is 6.92 Å². The van der Waals surface area contributed by atoms with Crippen LogP contribution in [-0.2, 0) is 7.05 Å². The van der Waals surface area contributed by atoms with E-state index in [1.54, 1.807) is 12.3 Å². The number of fused-ring (bicyclic) bond motifs is 1. The van der Waals surface area contributed by atoms with E-state index in [0.717, 1.165) is 22.0 Å². The average Bonchev–Trinajstić information content (AvgIpc) is 3.04. The molecule has 1 N–H and O–H groups in total. The smallest absolute Gasteiger partial charge is 0.271 e. The number of benzene rings is 2. The second-order valence-electron chi connectivity index (χ2n) is 6.81. The van der Waals surface area contributed by atoms with Gasteiger partial charge in [-0.15, -0.1) is 0 Å². The highest BCUT2D eigenvalue weighted by Crippen LogP contribution is 2.34. The van der Waals surface area contributed by atoms with Crippen molar-refractivity contribution in [3.05, 3.63) is 70.3 Å². The molecule has 30 heavy (non-hydrogen) atoms. The lowest BCUT2D eigenvalue weighted by Crippen LogP contribution is -2.02. The Bertz CT molecular complexity index is 1290. The Morgan fingerprint density at radius 1 is 1.23 bits per heavy atom. The summed E-state index contributed by atoms with van der Waals surface area (Å²) in [6.45, 7) is 1.87. The maximum Gasteiger partial charge on any atom is 0.271 e. The number of nitro benzene ring substituents is 1. The summed E-state index contributed by atoms with van der Waals surface area (Å²) in [4.78, 5) is 19.5. The minimum absolute atomic E-state index is 0.0878. The first-order chi connectivity index (χ1) is 14.4. The molecule has 0 amide bonds. The first kappa shape index (κ1) is 19.3. The molecule has 9 heteroatoms. The third kappa shape index (κ3) is 3.41. The van der Waals surface area contributed by atoms with Gasteiger partial charge in [0.25, 0.3) is 5.69 Å². The Morgan fingerprint density at radius 3 is 2.77 bits per heavy atom. The molecule has 152 valence electrons. The lowest BCUT2D eigenvalue weighted by atomic mass is 10.1. The summed E-state index contributed by atoms with van der Waals surface area (Å²) < 4.78 is 21.1. The van der Waals surface area contributed by atoms with Crippen molar-refractivity contribution in [2.24, 2.45) is 7.05 Å². The number of anilines is 2. The largest absolute Gasteiger partial charge is 0.495 e. The number of halogens is 1. The number of aromatic nitrogens is 3. The van der Waals surface area contributed by atoms with Crippen molar-refractivity contribution in [3.8, 4) is 17.0 Å². The monoisotopic (exact) mass is 407 g/mol. The molecule has 4 aromatic rings. The molecule has 0 aliphatic carbocycles. The third-order valence-corrected chi connectivity index (χ3v) is 4.82.